The highest BCUT2D eigenvalue weighted by Gasteiger charge is 2.12. The average Bonchev–Trinajstić information content (AvgIpc) is 2.03. The molecule has 0 spiro atoms. The van der Waals surface area contributed by atoms with Crippen LogP contribution < -0.4 is 0 Å². The van der Waals surface area contributed by atoms with E-state index in [0.717, 1.165) is 5.56 Å². The quantitative estimate of drug-likeness (QED) is 0.508. The van der Waals surface area contributed by atoms with Gasteiger partial charge in [-0.3, -0.25) is 0 Å². The fraction of sp³-hybridized carbons (Fsp3) is 0.333. The highest BCUT2D eigenvalue weighted by molar-refractivity contribution is 5.37. The lowest BCUT2D eigenvalue weighted by Crippen LogP contribution is -2.10. The largest absolute Gasteiger partial charge is 0.115 e. The number of terminal acetylenes is 1. The Labute approximate surface area is 74.6 Å². The maximum Gasteiger partial charge on any atom is 0.0251 e. The first kappa shape index (κ1) is 8.87. The predicted molar refractivity (Wildman–Crippen MR) is 51.9 cm³/mol. The van der Waals surface area contributed by atoms with E-state index in [1.165, 1.54) is 5.56 Å². The van der Waals surface area contributed by atoms with Crippen molar-refractivity contribution in [1.29, 1.82) is 0 Å². The minimum Gasteiger partial charge on any atom is -0.115 e. The molecule has 0 aliphatic heterocycles. The van der Waals surface area contributed by atoms with Crippen LogP contribution in [0.4, 0.5) is 0 Å². The van der Waals surface area contributed by atoms with Crippen LogP contribution in [0.15, 0.2) is 18.2 Å². The molecule has 0 unspecified atom stereocenters. The molecule has 0 amide bonds. The highest BCUT2D eigenvalue weighted by Crippen LogP contribution is 2.22. The maximum atomic E-state index is 5.29. The van der Waals surface area contributed by atoms with Gasteiger partial charge in [-0.1, -0.05) is 32.8 Å². The average molecular weight is 157 g/mol. The zero-order valence-electron chi connectivity index (χ0n) is 7.81. The van der Waals surface area contributed by atoms with Crippen molar-refractivity contribution in [3.63, 3.8) is 0 Å². The Balaban J connectivity index is 3.13. The summed E-state index contributed by atoms with van der Waals surface area (Å²) in [7, 11) is 0. The third-order valence-electron chi connectivity index (χ3n) is 1.82. The Morgan fingerprint density at radius 1 is 1.33 bits per heavy atom. The third-order valence-corrected chi connectivity index (χ3v) is 1.82. The molecule has 0 heteroatoms. The summed E-state index contributed by atoms with van der Waals surface area (Å²) in [5.74, 6) is 2.61. The maximum absolute atomic E-state index is 5.29. The first-order valence-corrected chi connectivity index (χ1v) is 4.02. The van der Waals surface area contributed by atoms with Gasteiger partial charge >= 0.3 is 0 Å². The third kappa shape index (κ3) is 1.89. The van der Waals surface area contributed by atoms with Crippen molar-refractivity contribution in [3.05, 3.63) is 35.4 Å². The topological polar surface area (TPSA) is 0 Å². The van der Waals surface area contributed by atoms with Crippen LogP contribution in [0.3, 0.4) is 0 Å². The van der Waals surface area contributed by atoms with Gasteiger partial charge in [0.1, 0.15) is 0 Å². The van der Waals surface area contributed by atoms with Crippen LogP contribution >= 0.6 is 0 Å². The molecular weight excluding hydrogens is 144 g/mol. The van der Waals surface area contributed by atoms with E-state index in [1.807, 2.05) is 18.2 Å². The van der Waals surface area contributed by atoms with E-state index in [4.69, 9.17) is 6.42 Å². The van der Waals surface area contributed by atoms with Crippen molar-refractivity contribution >= 4 is 0 Å². The van der Waals surface area contributed by atoms with Crippen LogP contribution in [0.2, 0.25) is 0 Å². The first-order chi connectivity index (χ1) is 5.54. The lowest BCUT2D eigenvalue weighted by molar-refractivity contribution is 0.590. The Morgan fingerprint density at radius 2 is 2.00 bits per heavy atom. The SMILES string of the molecule is C#Cc1c[c]cc(C(C)(C)C)c1. The van der Waals surface area contributed by atoms with Crippen molar-refractivity contribution in [1.82, 2.24) is 0 Å². The number of rotatable bonds is 0. The van der Waals surface area contributed by atoms with Gasteiger partial charge in [0, 0.05) is 5.56 Å². The highest BCUT2D eigenvalue weighted by atomic mass is 14.2. The molecule has 1 aromatic carbocycles. The second kappa shape index (κ2) is 3.03. The Kier molecular flexibility index (Phi) is 2.24. The number of hydrogen-bond acceptors (Lipinski definition) is 0. The first-order valence-electron chi connectivity index (χ1n) is 4.02. The van der Waals surface area contributed by atoms with E-state index in [-0.39, 0.29) is 5.41 Å². The van der Waals surface area contributed by atoms with E-state index in [2.05, 4.69) is 32.8 Å². The van der Waals surface area contributed by atoms with Gasteiger partial charge in [-0.05, 0) is 29.2 Å². The molecule has 1 aromatic rings. The molecule has 1 rings (SSSR count). The molecule has 0 atom stereocenters. The molecule has 0 fully saturated rings. The van der Waals surface area contributed by atoms with E-state index < -0.39 is 0 Å². The molecular formula is C12H13. The van der Waals surface area contributed by atoms with Gasteiger partial charge in [-0.15, -0.1) is 6.42 Å². The van der Waals surface area contributed by atoms with Gasteiger partial charge < -0.3 is 0 Å². The fourth-order valence-corrected chi connectivity index (χ4v) is 0.988. The molecule has 0 aliphatic rings. The van der Waals surface area contributed by atoms with Gasteiger partial charge in [0.2, 0.25) is 0 Å². The monoisotopic (exact) mass is 157 g/mol. The van der Waals surface area contributed by atoms with E-state index in [0.29, 0.717) is 0 Å². The summed E-state index contributed by atoms with van der Waals surface area (Å²) in [4.78, 5) is 0. The van der Waals surface area contributed by atoms with Crippen molar-refractivity contribution < 1.29 is 0 Å². The van der Waals surface area contributed by atoms with Gasteiger partial charge in [0.25, 0.3) is 0 Å². The standard InChI is InChI=1S/C12H13/c1-5-10-7-6-8-11(9-10)12(2,3)4/h1,7-9H,2-4H3. The molecule has 0 heterocycles. The van der Waals surface area contributed by atoms with Crippen molar-refractivity contribution in [2.75, 3.05) is 0 Å². The van der Waals surface area contributed by atoms with Crippen LogP contribution in [0, 0.1) is 18.4 Å². The number of hydrogen-bond donors (Lipinski definition) is 0. The fourth-order valence-electron chi connectivity index (χ4n) is 0.988. The molecule has 0 aliphatic carbocycles. The van der Waals surface area contributed by atoms with Gasteiger partial charge in [0.05, 0.1) is 0 Å². The second-order valence-corrected chi connectivity index (χ2v) is 3.90. The second-order valence-electron chi connectivity index (χ2n) is 3.90. The lowest BCUT2D eigenvalue weighted by atomic mass is 9.86. The molecule has 0 aromatic heterocycles. The molecule has 0 nitrogen and oxygen atoms in total. The van der Waals surface area contributed by atoms with E-state index in [1.54, 1.807) is 0 Å². The summed E-state index contributed by atoms with van der Waals surface area (Å²) in [6, 6.07) is 8.90. The summed E-state index contributed by atoms with van der Waals surface area (Å²) in [6.07, 6.45) is 5.29. The van der Waals surface area contributed by atoms with E-state index in [9.17, 15) is 0 Å². The lowest BCUT2D eigenvalue weighted by Gasteiger charge is -2.18. The van der Waals surface area contributed by atoms with Gasteiger partial charge in [-0.25, -0.2) is 0 Å². The molecule has 61 valence electrons. The summed E-state index contributed by atoms with van der Waals surface area (Å²) >= 11 is 0. The smallest absolute Gasteiger partial charge is 0.0251 e. The molecule has 12 heavy (non-hydrogen) atoms. The van der Waals surface area contributed by atoms with Crippen LogP contribution in [0.5, 0.6) is 0 Å². The van der Waals surface area contributed by atoms with Gasteiger partial charge in [-0.2, -0.15) is 0 Å². The van der Waals surface area contributed by atoms with Crippen LogP contribution in [0.25, 0.3) is 0 Å². The molecule has 1 radical (unpaired) electrons. The molecule has 0 bridgehead atoms. The molecule has 0 saturated heterocycles. The Hall–Kier alpha value is -1.22. The predicted octanol–water partition coefficient (Wildman–Crippen LogP) is 2.77. The minimum atomic E-state index is 0.156. The van der Waals surface area contributed by atoms with Crippen LogP contribution in [-0.4, -0.2) is 0 Å². The summed E-state index contributed by atoms with van der Waals surface area (Å²) in [6.45, 7) is 6.49. The zero-order chi connectivity index (χ0) is 9.19. The van der Waals surface area contributed by atoms with Gasteiger partial charge in [0.15, 0.2) is 0 Å². The van der Waals surface area contributed by atoms with Crippen molar-refractivity contribution in [2.24, 2.45) is 0 Å². The van der Waals surface area contributed by atoms with E-state index >= 15 is 0 Å². The normalized spacial score (nSPS) is 10.8. The van der Waals surface area contributed by atoms with Crippen molar-refractivity contribution in [2.45, 2.75) is 26.2 Å². The Morgan fingerprint density at radius 3 is 2.50 bits per heavy atom. The summed E-state index contributed by atoms with van der Waals surface area (Å²) < 4.78 is 0. The van der Waals surface area contributed by atoms with Crippen LogP contribution in [-0.2, 0) is 5.41 Å². The molecule has 0 saturated carbocycles. The summed E-state index contributed by atoms with van der Waals surface area (Å²) in [5.41, 5.74) is 2.30. The zero-order valence-corrected chi connectivity index (χ0v) is 7.81. The molecule has 0 N–H and O–H groups in total. The number of benzene rings is 1. The minimum absolute atomic E-state index is 0.156. The Bertz CT molecular complexity index is 308. The van der Waals surface area contributed by atoms with Crippen LogP contribution in [0.1, 0.15) is 31.9 Å². The summed E-state index contributed by atoms with van der Waals surface area (Å²) in [5, 5.41) is 0. The van der Waals surface area contributed by atoms with Crippen molar-refractivity contribution in [3.8, 4) is 12.3 Å².